The molecule has 33 heavy (non-hydrogen) atoms. The number of methoxy groups -OCH3 is 1. The summed E-state index contributed by atoms with van der Waals surface area (Å²) in [4.78, 5) is 11.8. The SMILES string of the molecule is CCOc1cccc(C2C=C(c3ccc(Cl)cc3)NC(c3ccc(C(=O)OC)cc3)[NH2+]2)c1O. The third-order valence-electron chi connectivity index (χ3n) is 5.59. The smallest absolute Gasteiger partial charge is 0.337 e. The lowest BCUT2D eigenvalue weighted by molar-refractivity contribution is -0.731. The number of aromatic hydroxyl groups is 1. The number of carbonyl (C=O) groups excluding carboxylic acids is 1. The summed E-state index contributed by atoms with van der Waals surface area (Å²) in [7, 11) is 1.36. The molecule has 2 unspecified atom stereocenters. The van der Waals surface area contributed by atoms with E-state index in [1.165, 1.54) is 7.11 Å². The number of ether oxygens (including phenoxy) is 2. The molecule has 0 amide bonds. The first kappa shape index (κ1) is 22.7. The number of benzene rings is 3. The average Bonchev–Trinajstić information content (AvgIpc) is 2.85. The fourth-order valence-electron chi connectivity index (χ4n) is 3.93. The summed E-state index contributed by atoms with van der Waals surface area (Å²) in [5, 5.41) is 17.2. The lowest BCUT2D eigenvalue weighted by Gasteiger charge is -2.30. The molecule has 1 aliphatic heterocycles. The molecular formula is C26H26ClN2O4+. The van der Waals surface area contributed by atoms with Gasteiger partial charge in [-0.3, -0.25) is 0 Å². The maximum atomic E-state index is 11.8. The van der Waals surface area contributed by atoms with Crippen LogP contribution >= 0.6 is 11.6 Å². The molecule has 0 aromatic heterocycles. The predicted octanol–water partition coefficient (Wildman–Crippen LogP) is 4.18. The first-order chi connectivity index (χ1) is 16.0. The fraction of sp³-hybridized carbons (Fsp3) is 0.192. The molecule has 4 rings (SSSR count). The van der Waals surface area contributed by atoms with Gasteiger partial charge in [0, 0.05) is 22.4 Å². The van der Waals surface area contributed by atoms with Crippen molar-refractivity contribution in [3.63, 3.8) is 0 Å². The van der Waals surface area contributed by atoms with Crippen LogP contribution in [-0.2, 0) is 4.74 Å². The van der Waals surface area contributed by atoms with Gasteiger partial charge in [-0.2, -0.15) is 0 Å². The molecule has 0 bridgehead atoms. The van der Waals surface area contributed by atoms with Crippen LogP contribution in [0.2, 0.25) is 5.02 Å². The highest BCUT2D eigenvalue weighted by Crippen LogP contribution is 2.35. The van der Waals surface area contributed by atoms with Crippen LogP contribution < -0.4 is 15.4 Å². The number of nitrogens with one attached hydrogen (secondary N) is 1. The normalized spacial score (nSPS) is 17.6. The number of carbonyl (C=O) groups is 1. The minimum atomic E-state index is -0.376. The Balaban J connectivity index is 1.72. The summed E-state index contributed by atoms with van der Waals surface area (Å²) in [6.07, 6.45) is 1.92. The number of nitrogens with two attached hydrogens (primary N) is 1. The second kappa shape index (κ2) is 9.98. The average molecular weight is 466 g/mol. The Kier molecular flexibility index (Phi) is 6.87. The summed E-state index contributed by atoms with van der Waals surface area (Å²) < 4.78 is 10.4. The monoisotopic (exact) mass is 465 g/mol. The van der Waals surface area contributed by atoms with Crippen LogP contribution in [0.5, 0.6) is 11.5 Å². The molecule has 6 nitrogen and oxygen atoms in total. The van der Waals surface area contributed by atoms with Gasteiger partial charge in [0.15, 0.2) is 17.7 Å². The molecule has 2 atom stereocenters. The van der Waals surface area contributed by atoms with Crippen molar-refractivity contribution in [3.05, 3.63) is 100 Å². The van der Waals surface area contributed by atoms with Gasteiger partial charge in [0.05, 0.1) is 24.8 Å². The molecule has 0 aliphatic carbocycles. The quantitative estimate of drug-likeness (QED) is 0.476. The van der Waals surface area contributed by atoms with Crippen LogP contribution in [0.1, 0.15) is 46.2 Å². The zero-order valence-corrected chi connectivity index (χ0v) is 19.2. The number of halogens is 1. The van der Waals surface area contributed by atoms with E-state index in [1.54, 1.807) is 18.2 Å². The van der Waals surface area contributed by atoms with Crippen molar-refractivity contribution >= 4 is 23.3 Å². The molecule has 3 aromatic carbocycles. The van der Waals surface area contributed by atoms with Crippen molar-refractivity contribution in [2.24, 2.45) is 0 Å². The maximum Gasteiger partial charge on any atom is 0.337 e. The maximum absolute atomic E-state index is 11.8. The standard InChI is InChI=1S/C26H25ClN2O4/c1-3-33-23-6-4-5-20(24(23)30)22-15-21(16-11-13-19(27)14-12-16)28-25(29-22)17-7-9-18(10-8-17)26(31)32-2/h4-15,22,25,28-30H,3H2,1-2H3/p+1. The Morgan fingerprint density at radius 1 is 1.09 bits per heavy atom. The molecule has 0 spiro atoms. The van der Waals surface area contributed by atoms with E-state index in [1.807, 2.05) is 55.5 Å². The van der Waals surface area contributed by atoms with E-state index in [0.717, 1.165) is 22.4 Å². The second-order valence-corrected chi connectivity index (χ2v) is 8.10. The van der Waals surface area contributed by atoms with Gasteiger partial charge in [0.25, 0.3) is 0 Å². The van der Waals surface area contributed by atoms with Crippen molar-refractivity contribution in [1.82, 2.24) is 5.32 Å². The van der Waals surface area contributed by atoms with Crippen molar-refractivity contribution in [2.75, 3.05) is 13.7 Å². The van der Waals surface area contributed by atoms with Gasteiger partial charge in [-0.25, -0.2) is 4.79 Å². The second-order valence-electron chi connectivity index (χ2n) is 7.67. The van der Waals surface area contributed by atoms with Gasteiger partial charge in [-0.05, 0) is 48.9 Å². The number of para-hydroxylation sites is 1. The lowest BCUT2D eigenvalue weighted by atomic mass is 9.97. The lowest BCUT2D eigenvalue weighted by Crippen LogP contribution is -2.89. The zero-order valence-electron chi connectivity index (χ0n) is 18.4. The van der Waals surface area contributed by atoms with E-state index in [2.05, 4.69) is 16.7 Å². The van der Waals surface area contributed by atoms with E-state index in [4.69, 9.17) is 21.1 Å². The molecular weight excluding hydrogens is 440 g/mol. The summed E-state index contributed by atoms with van der Waals surface area (Å²) in [5.41, 5.74) is 4.12. The Hall–Kier alpha value is -3.48. The highest BCUT2D eigenvalue weighted by molar-refractivity contribution is 6.30. The van der Waals surface area contributed by atoms with Gasteiger partial charge in [0.2, 0.25) is 0 Å². The highest BCUT2D eigenvalue weighted by Gasteiger charge is 2.30. The van der Waals surface area contributed by atoms with Crippen molar-refractivity contribution in [2.45, 2.75) is 19.1 Å². The van der Waals surface area contributed by atoms with Crippen LogP contribution in [0, 0.1) is 0 Å². The summed E-state index contributed by atoms with van der Waals surface area (Å²) in [5.74, 6) is 0.218. The van der Waals surface area contributed by atoms with Crippen LogP contribution in [-0.4, -0.2) is 24.8 Å². The summed E-state index contributed by atoms with van der Waals surface area (Å²) >= 11 is 6.09. The number of phenolic OH excluding ortho intramolecular Hbond substituents is 1. The Labute approximate surface area is 197 Å². The number of phenols is 1. The minimum Gasteiger partial charge on any atom is -0.504 e. The van der Waals surface area contributed by atoms with Crippen LogP contribution in [0.4, 0.5) is 0 Å². The third-order valence-corrected chi connectivity index (χ3v) is 5.84. The van der Waals surface area contributed by atoms with Crippen molar-refractivity contribution in [3.8, 4) is 11.5 Å². The van der Waals surface area contributed by atoms with Crippen molar-refractivity contribution in [1.29, 1.82) is 0 Å². The van der Waals surface area contributed by atoms with E-state index >= 15 is 0 Å². The number of esters is 1. The molecule has 7 heteroatoms. The van der Waals surface area contributed by atoms with Gasteiger partial charge in [-0.1, -0.05) is 41.9 Å². The molecule has 3 aromatic rings. The molecule has 0 saturated carbocycles. The summed E-state index contributed by atoms with van der Waals surface area (Å²) in [6, 6.07) is 20.3. The molecule has 0 fully saturated rings. The van der Waals surface area contributed by atoms with Gasteiger partial charge >= 0.3 is 5.97 Å². The molecule has 1 aliphatic rings. The van der Waals surface area contributed by atoms with Gasteiger partial charge in [-0.15, -0.1) is 0 Å². The Bertz CT molecular complexity index is 1160. The van der Waals surface area contributed by atoms with Gasteiger partial charge < -0.3 is 25.2 Å². The number of hydrogen-bond acceptors (Lipinski definition) is 5. The van der Waals surface area contributed by atoms with E-state index in [0.29, 0.717) is 22.9 Å². The third kappa shape index (κ3) is 4.97. The highest BCUT2D eigenvalue weighted by atomic mass is 35.5. The first-order valence-corrected chi connectivity index (χ1v) is 11.1. The fourth-order valence-corrected chi connectivity index (χ4v) is 4.05. The summed E-state index contributed by atoms with van der Waals surface area (Å²) in [6.45, 7) is 2.35. The topological polar surface area (TPSA) is 84.4 Å². The van der Waals surface area contributed by atoms with E-state index in [9.17, 15) is 9.90 Å². The van der Waals surface area contributed by atoms with Crippen LogP contribution in [0.25, 0.3) is 5.70 Å². The van der Waals surface area contributed by atoms with Crippen LogP contribution in [0.3, 0.4) is 0 Å². The Morgan fingerprint density at radius 3 is 2.48 bits per heavy atom. The van der Waals surface area contributed by atoms with Crippen molar-refractivity contribution < 1.29 is 24.7 Å². The molecule has 0 saturated heterocycles. The predicted molar refractivity (Wildman–Crippen MR) is 127 cm³/mol. The zero-order chi connectivity index (χ0) is 23.4. The van der Waals surface area contributed by atoms with Crippen LogP contribution in [0.15, 0.2) is 72.8 Å². The first-order valence-electron chi connectivity index (χ1n) is 10.7. The molecule has 1 heterocycles. The molecule has 0 radical (unpaired) electrons. The largest absolute Gasteiger partial charge is 0.504 e. The molecule has 4 N–H and O–H groups in total. The molecule has 170 valence electrons. The number of rotatable bonds is 6. The minimum absolute atomic E-state index is 0.133. The number of hydrogen-bond donors (Lipinski definition) is 3. The van der Waals surface area contributed by atoms with E-state index < -0.39 is 0 Å². The number of quaternary nitrogens is 1. The van der Waals surface area contributed by atoms with Gasteiger partial charge in [0.1, 0.15) is 6.04 Å². The van der Waals surface area contributed by atoms with E-state index in [-0.39, 0.29) is 23.9 Å². The Morgan fingerprint density at radius 2 is 1.82 bits per heavy atom.